The molecule has 3 rings (SSSR count). The van der Waals surface area contributed by atoms with Crippen LogP contribution in [0.3, 0.4) is 0 Å². The van der Waals surface area contributed by atoms with Crippen LogP contribution in [0.25, 0.3) is 0 Å². The molecule has 0 atom stereocenters. The van der Waals surface area contributed by atoms with Gasteiger partial charge in [0.15, 0.2) is 11.5 Å². The van der Waals surface area contributed by atoms with Gasteiger partial charge in [-0.05, 0) is 47.4 Å². The van der Waals surface area contributed by atoms with Crippen LogP contribution in [-0.2, 0) is 20.2 Å². The van der Waals surface area contributed by atoms with Crippen LogP contribution in [0.15, 0.2) is 65.6 Å². The van der Waals surface area contributed by atoms with Crippen molar-refractivity contribution in [3.63, 3.8) is 0 Å². The molecule has 0 fully saturated rings. The number of hydrogen-bond donors (Lipinski definition) is 2. The number of carbonyl (C=O) groups excluding carboxylic acids is 1. The number of methoxy groups -OCH3 is 2. The molecule has 0 aliphatic heterocycles. The standard InChI is InChI=1S/C27H31NO8S/c1-27(2,3)19-9-11-22(12-10-19)37(31,32)28-23-15-18(26(30)34-5)16-24(35-14-13-29)25(23)36-21-8-6-7-20(17-21)33-4/h6-12,15-17,28-29H,13-14H2,1-5H3. The number of rotatable bonds is 10. The molecule has 0 saturated heterocycles. The second-order valence-electron chi connectivity index (χ2n) is 9.08. The van der Waals surface area contributed by atoms with Gasteiger partial charge in [-0.1, -0.05) is 39.0 Å². The van der Waals surface area contributed by atoms with Crippen molar-refractivity contribution in [2.75, 3.05) is 32.2 Å². The highest BCUT2D eigenvalue weighted by atomic mass is 32.2. The van der Waals surface area contributed by atoms with Crippen LogP contribution in [0, 0.1) is 0 Å². The van der Waals surface area contributed by atoms with Gasteiger partial charge in [0, 0.05) is 6.07 Å². The van der Waals surface area contributed by atoms with E-state index in [0.29, 0.717) is 11.5 Å². The number of sulfonamides is 1. The lowest BCUT2D eigenvalue weighted by atomic mass is 9.87. The summed E-state index contributed by atoms with van der Waals surface area (Å²) in [6.45, 7) is 5.65. The average Bonchev–Trinajstić information content (AvgIpc) is 2.87. The first-order valence-electron chi connectivity index (χ1n) is 11.4. The van der Waals surface area contributed by atoms with Crippen molar-refractivity contribution in [2.24, 2.45) is 0 Å². The third-order valence-corrected chi connectivity index (χ3v) is 6.74. The summed E-state index contributed by atoms with van der Waals surface area (Å²) in [5, 5.41) is 9.30. The predicted octanol–water partition coefficient (Wildman–Crippen LogP) is 4.74. The van der Waals surface area contributed by atoms with Gasteiger partial charge in [0.05, 0.1) is 37.0 Å². The van der Waals surface area contributed by atoms with E-state index in [2.05, 4.69) is 4.72 Å². The van der Waals surface area contributed by atoms with Gasteiger partial charge >= 0.3 is 5.97 Å². The monoisotopic (exact) mass is 529 g/mol. The van der Waals surface area contributed by atoms with Crippen molar-refractivity contribution in [1.29, 1.82) is 0 Å². The minimum absolute atomic E-state index is 0.00996. The average molecular weight is 530 g/mol. The van der Waals surface area contributed by atoms with Crippen LogP contribution in [0.4, 0.5) is 5.69 Å². The van der Waals surface area contributed by atoms with E-state index in [1.54, 1.807) is 36.4 Å². The third-order valence-electron chi connectivity index (χ3n) is 5.36. The molecule has 0 aliphatic carbocycles. The first kappa shape index (κ1) is 27.8. The van der Waals surface area contributed by atoms with Gasteiger partial charge in [-0.2, -0.15) is 0 Å². The maximum absolute atomic E-state index is 13.4. The van der Waals surface area contributed by atoms with Gasteiger partial charge in [-0.3, -0.25) is 4.72 Å². The lowest BCUT2D eigenvalue weighted by Crippen LogP contribution is -2.16. The molecule has 0 radical (unpaired) electrons. The van der Waals surface area contributed by atoms with Crippen molar-refractivity contribution in [3.05, 3.63) is 71.8 Å². The zero-order chi connectivity index (χ0) is 27.2. The minimum Gasteiger partial charge on any atom is -0.497 e. The largest absolute Gasteiger partial charge is 0.497 e. The van der Waals surface area contributed by atoms with Crippen molar-refractivity contribution >= 4 is 21.7 Å². The summed E-state index contributed by atoms with van der Waals surface area (Å²) in [5.41, 5.74) is 0.787. The van der Waals surface area contributed by atoms with Gasteiger partial charge in [0.25, 0.3) is 10.0 Å². The van der Waals surface area contributed by atoms with Gasteiger partial charge in [0.1, 0.15) is 18.1 Å². The summed E-state index contributed by atoms with van der Waals surface area (Å²) in [5.74, 6) is 0.151. The molecule has 0 spiro atoms. The second-order valence-corrected chi connectivity index (χ2v) is 10.8. The number of ether oxygens (including phenoxy) is 4. The van der Waals surface area contributed by atoms with E-state index in [4.69, 9.17) is 18.9 Å². The summed E-state index contributed by atoms with van der Waals surface area (Å²) < 4.78 is 50.9. The third kappa shape index (κ3) is 6.93. The second kappa shape index (κ2) is 11.5. The SMILES string of the molecule is COC(=O)c1cc(NS(=O)(=O)c2ccc(C(C)(C)C)cc2)c(Oc2cccc(OC)c2)c(OCCO)c1. The Labute approximate surface area is 217 Å². The minimum atomic E-state index is -4.10. The van der Waals surface area contributed by atoms with Crippen LogP contribution in [-0.4, -0.2) is 46.9 Å². The Hall–Kier alpha value is -3.76. The number of carbonyl (C=O) groups is 1. The van der Waals surface area contributed by atoms with Gasteiger partial charge in [-0.25, -0.2) is 13.2 Å². The predicted molar refractivity (Wildman–Crippen MR) is 139 cm³/mol. The summed E-state index contributed by atoms with van der Waals surface area (Å²) in [7, 11) is -1.39. The molecule has 3 aromatic rings. The number of nitrogens with one attached hydrogen (secondary N) is 1. The Morgan fingerprint density at radius 1 is 0.973 bits per heavy atom. The molecule has 0 unspecified atom stereocenters. The van der Waals surface area contributed by atoms with Crippen LogP contribution >= 0.6 is 0 Å². The maximum Gasteiger partial charge on any atom is 0.338 e. The van der Waals surface area contributed by atoms with Crippen LogP contribution < -0.4 is 18.9 Å². The van der Waals surface area contributed by atoms with Crippen LogP contribution in [0.2, 0.25) is 0 Å². The molecule has 2 N–H and O–H groups in total. The lowest BCUT2D eigenvalue weighted by molar-refractivity contribution is 0.0600. The van der Waals surface area contributed by atoms with E-state index in [1.807, 2.05) is 20.8 Å². The molecule has 0 saturated carbocycles. The zero-order valence-corrected chi connectivity index (χ0v) is 22.2. The highest BCUT2D eigenvalue weighted by Gasteiger charge is 2.24. The molecule has 3 aromatic carbocycles. The summed E-state index contributed by atoms with van der Waals surface area (Å²) >= 11 is 0. The summed E-state index contributed by atoms with van der Waals surface area (Å²) in [6, 6.07) is 15.9. The first-order valence-corrected chi connectivity index (χ1v) is 12.9. The molecule has 0 bridgehead atoms. The van der Waals surface area contributed by atoms with Gasteiger partial charge in [-0.15, -0.1) is 0 Å². The van der Waals surface area contributed by atoms with Crippen LogP contribution in [0.5, 0.6) is 23.0 Å². The molecule has 9 nitrogen and oxygen atoms in total. The highest BCUT2D eigenvalue weighted by molar-refractivity contribution is 7.92. The molecule has 0 aliphatic rings. The number of aliphatic hydroxyl groups excluding tert-OH is 1. The Morgan fingerprint density at radius 2 is 1.65 bits per heavy atom. The number of anilines is 1. The fourth-order valence-electron chi connectivity index (χ4n) is 3.40. The maximum atomic E-state index is 13.4. The molecular weight excluding hydrogens is 498 g/mol. The normalized spacial score (nSPS) is 11.5. The Bertz CT molecular complexity index is 1350. The summed E-state index contributed by atoms with van der Waals surface area (Å²) in [4.78, 5) is 12.4. The fourth-order valence-corrected chi connectivity index (χ4v) is 4.46. The quantitative estimate of drug-likeness (QED) is 0.361. The van der Waals surface area contributed by atoms with Crippen molar-refractivity contribution in [3.8, 4) is 23.0 Å². The topological polar surface area (TPSA) is 120 Å². The van der Waals surface area contributed by atoms with E-state index in [9.17, 15) is 18.3 Å². The highest BCUT2D eigenvalue weighted by Crippen LogP contribution is 2.42. The molecule has 10 heteroatoms. The zero-order valence-electron chi connectivity index (χ0n) is 21.4. The van der Waals surface area contributed by atoms with Gasteiger partial charge < -0.3 is 24.1 Å². The van der Waals surface area contributed by atoms with Crippen LogP contribution in [0.1, 0.15) is 36.7 Å². The van der Waals surface area contributed by atoms with Crippen molar-refractivity contribution in [2.45, 2.75) is 31.1 Å². The Balaban J connectivity index is 2.12. The molecular formula is C27H31NO8S. The van der Waals surface area contributed by atoms with Crippen molar-refractivity contribution < 1.29 is 37.3 Å². The van der Waals surface area contributed by atoms with E-state index in [-0.39, 0.29) is 46.3 Å². The number of benzene rings is 3. The number of esters is 1. The lowest BCUT2D eigenvalue weighted by Gasteiger charge is -2.20. The molecule has 198 valence electrons. The smallest absolute Gasteiger partial charge is 0.338 e. The number of aliphatic hydroxyl groups is 1. The van der Waals surface area contributed by atoms with E-state index >= 15 is 0 Å². The van der Waals surface area contributed by atoms with E-state index < -0.39 is 16.0 Å². The van der Waals surface area contributed by atoms with Gasteiger partial charge in [0.2, 0.25) is 0 Å². The fraction of sp³-hybridized carbons (Fsp3) is 0.296. The molecule has 0 aromatic heterocycles. The molecule has 0 amide bonds. The number of hydrogen-bond acceptors (Lipinski definition) is 8. The molecule has 37 heavy (non-hydrogen) atoms. The Kier molecular flexibility index (Phi) is 8.67. The summed E-state index contributed by atoms with van der Waals surface area (Å²) in [6.07, 6.45) is 0. The first-order chi connectivity index (χ1) is 17.5. The molecule has 0 heterocycles. The Morgan fingerprint density at radius 3 is 2.24 bits per heavy atom. The van der Waals surface area contributed by atoms with Crippen molar-refractivity contribution in [1.82, 2.24) is 0 Å². The van der Waals surface area contributed by atoms with E-state index in [1.165, 1.54) is 38.5 Å². The van der Waals surface area contributed by atoms with E-state index in [0.717, 1.165) is 5.56 Å².